The highest BCUT2D eigenvalue weighted by molar-refractivity contribution is 7.22. The van der Waals surface area contributed by atoms with Crippen molar-refractivity contribution in [3.05, 3.63) is 42.0 Å². The summed E-state index contributed by atoms with van der Waals surface area (Å²) in [7, 11) is 0. The SMILES string of the molecule is CCN(CC)CCN(C(=O)c1ccnn1CC)c1nc2ccc(F)cc2s1.Cl. The molecule has 0 atom stereocenters. The van der Waals surface area contributed by atoms with E-state index in [0.717, 1.165) is 24.3 Å². The van der Waals surface area contributed by atoms with Crippen LogP contribution in [-0.4, -0.2) is 51.8 Å². The van der Waals surface area contributed by atoms with Crippen LogP contribution in [0, 0.1) is 5.82 Å². The number of nitrogens with zero attached hydrogens (tertiary/aromatic N) is 5. The first-order chi connectivity index (χ1) is 13.1. The van der Waals surface area contributed by atoms with Gasteiger partial charge in [-0.1, -0.05) is 25.2 Å². The van der Waals surface area contributed by atoms with Crippen LogP contribution in [0.3, 0.4) is 0 Å². The maximum Gasteiger partial charge on any atom is 0.278 e. The first kappa shape index (κ1) is 22.3. The molecule has 28 heavy (non-hydrogen) atoms. The van der Waals surface area contributed by atoms with Crippen molar-refractivity contribution in [3.63, 3.8) is 0 Å². The van der Waals surface area contributed by atoms with E-state index in [4.69, 9.17) is 0 Å². The molecule has 0 aliphatic carbocycles. The van der Waals surface area contributed by atoms with Gasteiger partial charge in [-0.2, -0.15) is 5.10 Å². The Morgan fingerprint density at radius 2 is 1.93 bits per heavy atom. The second kappa shape index (κ2) is 9.95. The fraction of sp³-hybridized carbons (Fsp3) is 0.421. The van der Waals surface area contributed by atoms with Crippen molar-refractivity contribution in [2.45, 2.75) is 27.3 Å². The molecule has 0 saturated carbocycles. The number of thiazole rings is 1. The van der Waals surface area contributed by atoms with Crippen LogP contribution in [0.4, 0.5) is 9.52 Å². The van der Waals surface area contributed by atoms with Gasteiger partial charge in [0.2, 0.25) is 0 Å². The Kier molecular flexibility index (Phi) is 7.91. The van der Waals surface area contributed by atoms with E-state index in [1.54, 1.807) is 27.9 Å². The minimum atomic E-state index is -0.303. The Morgan fingerprint density at radius 1 is 1.18 bits per heavy atom. The topological polar surface area (TPSA) is 54.3 Å². The Hall–Kier alpha value is -2.03. The maximum atomic E-state index is 13.6. The standard InChI is InChI=1S/C19H24FN5OS.ClH/c1-4-23(5-2)11-12-24(18(26)16-9-10-21-25(16)6-3)19-22-15-8-7-14(20)13-17(15)27-19;/h7-10,13H,4-6,11-12H2,1-3H3;1H. The molecule has 0 N–H and O–H groups in total. The van der Waals surface area contributed by atoms with Gasteiger partial charge in [0.1, 0.15) is 11.5 Å². The van der Waals surface area contributed by atoms with E-state index in [9.17, 15) is 9.18 Å². The van der Waals surface area contributed by atoms with E-state index in [1.807, 2.05) is 6.92 Å². The highest BCUT2D eigenvalue weighted by Gasteiger charge is 2.24. The first-order valence-corrected chi connectivity index (χ1v) is 10.0. The zero-order valence-corrected chi connectivity index (χ0v) is 17.9. The lowest BCUT2D eigenvalue weighted by Crippen LogP contribution is -2.39. The third kappa shape index (κ3) is 4.68. The van der Waals surface area contributed by atoms with Crippen molar-refractivity contribution in [1.29, 1.82) is 0 Å². The van der Waals surface area contributed by atoms with Crippen molar-refractivity contribution in [3.8, 4) is 0 Å². The van der Waals surface area contributed by atoms with Gasteiger partial charge in [-0.15, -0.1) is 12.4 Å². The lowest BCUT2D eigenvalue weighted by molar-refractivity contribution is 0.0973. The molecule has 1 aromatic carbocycles. The van der Waals surface area contributed by atoms with E-state index >= 15 is 0 Å². The zero-order chi connectivity index (χ0) is 19.4. The van der Waals surface area contributed by atoms with Crippen molar-refractivity contribution in [1.82, 2.24) is 19.7 Å². The summed E-state index contributed by atoms with van der Waals surface area (Å²) in [6.45, 7) is 9.84. The minimum absolute atomic E-state index is 0. The summed E-state index contributed by atoms with van der Waals surface area (Å²) in [5, 5.41) is 4.79. The van der Waals surface area contributed by atoms with Crippen LogP contribution in [0.25, 0.3) is 10.2 Å². The monoisotopic (exact) mass is 425 g/mol. The number of benzene rings is 1. The van der Waals surface area contributed by atoms with E-state index in [1.165, 1.54) is 23.5 Å². The van der Waals surface area contributed by atoms with E-state index < -0.39 is 0 Å². The molecular weight excluding hydrogens is 401 g/mol. The van der Waals surface area contributed by atoms with Gasteiger partial charge in [-0.3, -0.25) is 14.4 Å². The Bertz CT molecular complexity index is 924. The van der Waals surface area contributed by atoms with Gasteiger partial charge in [0.25, 0.3) is 5.91 Å². The Balaban J connectivity index is 0.00000280. The number of halogens is 2. The van der Waals surface area contributed by atoms with Crippen LogP contribution >= 0.6 is 23.7 Å². The highest BCUT2D eigenvalue weighted by atomic mass is 35.5. The average Bonchev–Trinajstić information content (AvgIpc) is 3.31. The molecule has 0 aliphatic heterocycles. The fourth-order valence-corrected chi connectivity index (χ4v) is 3.99. The van der Waals surface area contributed by atoms with Gasteiger partial charge >= 0.3 is 0 Å². The third-order valence-electron chi connectivity index (χ3n) is 4.58. The van der Waals surface area contributed by atoms with Gasteiger partial charge in [0.15, 0.2) is 5.13 Å². The zero-order valence-electron chi connectivity index (χ0n) is 16.3. The fourth-order valence-electron chi connectivity index (χ4n) is 2.97. The van der Waals surface area contributed by atoms with Crippen molar-refractivity contribution >= 4 is 45.0 Å². The summed E-state index contributed by atoms with van der Waals surface area (Å²) in [4.78, 5) is 21.8. The number of hydrogen-bond acceptors (Lipinski definition) is 5. The molecule has 2 heterocycles. The molecule has 152 valence electrons. The van der Waals surface area contributed by atoms with E-state index in [2.05, 4.69) is 28.8 Å². The summed E-state index contributed by atoms with van der Waals surface area (Å²) in [6, 6.07) is 6.22. The molecule has 3 rings (SSSR count). The molecule has 0 fully saturated rings. The third-order valence-corrected chi connectivity index (χ3v) is 5.63. The smallest absolute Gasteiger partial charge is 0.278 e. The summed E-state index contributed by atoms with van der Waals surface area (Å²) in [6.07, 6.45) is 1.63. The molecule has 0 aliphatic rings. The van der Waals surface area contributed by atoms with E-state index in [-0.39, 0.29) is 24.1 Å². The van der Waals surface area contributed by atoms with Crippen LogP contribution < -0.4 is 4.90 Å². The molecule has 6 nitrogen and oxygen atoms in total. The molecule has 0 spiro atoms. The van der Waals surface area contributed by atoms with Crippen molar-refractivity contribution < 1.29 is 9.18 Å². The van der Waals surface area contributed by atoms with Crippen LogP contribution in [0.15, 0.2) is 30.5 Å². The van der Waals surface area contributed by atoms with Crippen LogP contribution in [0.5, 0.6) is 0 Å². The Morgan fingerprint density at radius 3 is 2.61 bits per heavy atom. The lowest BCUT2D eigenvalue weighted by atomic mass is 10.3. The molecule has 0 bridgehead atoms. The summed E-state index contributed by atoms with van der Waals surface area (Å²) in [5.41, 5.74) is 1.23. The second-order valence-electron chi connectivity index (χ2n) is 6.12. The summed E-state index contributed by atoms with van der Waals surface area (Å²) < 4.78 is 16.0. The largest absolute Gasteiger partial charge is 0.302 e. The number of aromatic nitrogens is 3. The number of carbonyl (C=O) groups excluding carboxylic acids is 1. The summed E-state index contributed by atoms with van der Waals surface area (Å²) in [5.74, 6) is -0.441. The van der Waals surface area contributed by atoms with Crippen LogP contribution in [0.1, 0.15) is 31.3 Å². The molecule has 3 aromatic rings. The molecule has 0 unspecified atom stereocenters. The number of amides is 1. The predicted octanol–water partition coefficient (Wildman–Crippen LogP) is 4.06. The van der Waals surface area contributed by atoms with E-state index in [0.29, 0.717) is 29.4 Å². The van der Waals surface area contributed by atoms with Gasteiger partial charge in [0.05, 0.1) is 10.2 Å². The number of likely N-dealkylation sites (N-methyl/N-ethyl adjacent to an activating group) is 1. The number of fused-ring (bicyclic) bond motifs is 1. The van der Waals surface area contributed by atoms with Gasteiger partial charge in [0, 0.05) is 25.8 Å². The van der Waals surface area contributed by atoms with Crippen molar-refractivity contribution in [2.24, 2.45) is 0 Å². The van der Waals surface area contributed by atoms with Gasteiger partial charge < -0.3 is 4.90 Å². The van der Waals surface area contributed by atoms with Gasteiger partial charge in [-0.05, 0) is 44.3 Å². The number of hydrogen-bond donors (Lipinski definition) is 0. The lowest BCUT2D eigenvalue weighted by Gasteiger charge is -2.24. The number of carbonyl (C=O) groups is 1. The van der Waals surface area contributed by atoms with Crippen molar-refractivity contribution in [2.75, 3.05) is 31.1 Å². The summed E-state index contributed by atoms with van der Waals surface area (Å²) >= 11 is 1.33. The first-order valence-electron chi connectivity index (χ1n) is 9.19. The molecule has 0 radical (unpaired) electrons. The Labute approximate surface area is 174 Å². The predicted molar refractivity (Wildman–Crippen MR) is 114 cm³/mol. The quantitative estimate of drug-likeness (QED) is 0.546. The van der Waals surface area contributed by atoms with Gasteiger partial charge in [-0.25, -0.2) is 9.37 Å². The van der Waals surface area contributed by atoms with Crippen LogP contribution in [-0.2, 0) is 6.54 Å². The highest BCUT2D eigenvalue weighted by Crippen LogP contribution is 2.30. The normalized spacial score (nSPS) is 11.0. The molecular formula is C19H25ClFN5OS. The molecule has 2 aromatic heterocycles. The maximum absolute atomic E-state index is 13.6. The molecule has 1 amide bonds. The number of rotatable bonds is 8. The number of anilines is 1. The van der Waals surface area contributed by atoms with Crippen LogP contribution in [0.2, 0.25) is 0 Å². The molecule has 9 heteroatoms. The number of aryl methyl sites for hydroxylation is 1. The average molecular weight is 426 g/mol. The second-order valence-corrected chi connectivity index (χ2v) is 7.13. The minimum Gasteiger partial charge on any atom is -0.302 e. The molecule has 0 saturated heterocycles.